The zero-order chi connectivity index (χ0) is 9.42. The summed E-state index contributed by atoms with van der Waals surface area (Å²) in [6, 6.07) is 1.60. The highest BCUT2D eigenvalue weighted by Gasteiger charge is 2.27. The maximum Gasteiger partial charge on any atom is 0.244 e. The molecule has 1 atom stereocenters. The first-order valence-corrected chi connectivity index (χ1v) is 4.28. The lowest BCUT2D eigenvalue weighted by molar-refractivity contribution is -0.122. The van der Waals surface area contributed by atoms with E-state index in [2.05, 4.69) is 10.4 Å². The lowest BCUT2D eigenvalue weighted by Crippen LogP contribution is -2.23. The number of carbonyl (C=O) groups excluding carboxylic acids is 1. The number of nitrogens with two attached hydrogens (primary N) is 1. The van der Waals surface area contributed by atoms with Gasteiger partial charge in [0.25, 0.3) is 0 Å². The first kappa shape index (κ1) is 8.10. The molecule has 1 aromatic rings. The highest BCUT2D eigenvalue weighted by Crippen LogP contribution is 2.19. The fraction of sp³-hybridized carbons (Fsp3) is 0.500. The second-order valence-corrected chi connectivity index (χ2v) is 3.25. The molecule has 0 spiro atoms. The van der Waals surface area contributed by atoms with E-state index < -0.39 is 0 Å². The fourth-order valence-corrected chi connectivity index (χ4v) is 1.64. The molecule has 1 aliphatic heterocycles. The van der Waals surface area contributed by atoms with E-state index >= 15 is 0 Å². The molecule has 5 heteroatoms. The largest absolute Gasteiger partial charge is 0.382 e. The van der Waals surface area contributed by atoms with Crippen molar-refractivity contribution in [1.29, 1.82) is 0 Å². The van der Waals surface area contributed by atoms with Crippen LogP contribution in [0.15, 0.2) is 6.07 Å². The fourth-order valence-electron chi connectivity index (χ4n) is 1.64. The number of hydrogen-bond acceptors (Lipinski definition) is 3. The zero-order valence-electron chi connectivity index (χ0n) is 7.45. The van der Waals surface area contributed by atoms with Crippen LogP contribution in [-0.2, 0) is 4.79 Å². The Kier molecular flexibility index (Phi) is 1.72. The molecule has 70 valence electrons. The highest BCUT2D eigenvalue weighted by atomic mass is 16.2. The Bertz CT molecular complexity index is 344. The minimum absolute atomic E-state index is 0.0335. The number of nitrogen functional groups attached to an aromatic ring is 1. The van der Waals surface area contributed by atoms with E-state index in [0.717, 1.165) is 18.7 Å². The van der Waals surface area contributed by atoms with E-state index in [-0.39, 0.29) is 11.9 Å². The molecule has 0 aliphatic carbocycles. The van der Waals surface area contributed by atoms with Gasteiger partial charge in [0, 0.05) is 18.3 Å². The lowest BCUT2D eigenvalue weighted by Gasteiger charge is -2.08. The van der Waals surface area contributed by atoms with Crippen LogP contribution in [0.5, 0.6) is 0 Å². The van der Waals surface area contributed by atoms with E-state index in [1.165, 1.54) is 0 Å². The highest BCUT2D eigenvalue weighted by molar-refractivity contribution is 5.82. The third-order valence-electron chi connectivity index (χ3n) is 2.26. The van der Waals surface area contributed by atoms with E-state index in [1.807, 2.05) is 6.92 Å². The van der Waals surface area contributed by atoms with Gasteiger partial charge in [-0.15, -0.1) is 0 Å². The van der Waals surface area contributed by atoms with Crippen LogP contribution in [0.4, 0.5) is 5.82 Å². The summed E-state index contributed by atoms with van der Waals surface area (Å²) in [4.78, 5) is 11.3. The smallest absolute Gasteiger partial charge is 0.244 e. The molecule has 3 N–H and O–H groups in total. The normalized spacial score (nSPS) is 21.9. The Morgan fingerprint density at radius 3 is 3.00 bits per heavy atom. The molecule has 0 aromatic carbocycles. The van der Waals surface area contributed by atoms with Crippen LogP contribution in [0.25, 0.3) is 0 Å². The number of amides is 1. The number of aryl methyl sites for hydroxylation is 1. The van der Waals surface area contributed by atoms with Crippen LogP contribution in [-0.4, -0.2) is 22.2 Å². The van der Waals surface area contributed by atoms with Gasteiger partial charge in [-0.3, -0.25) is 9.48 Å². The maximum atomic E-state index is 11.3. The lowest BCUT2D eigenvalue weighted by atomic mass is 10.2. The third-order valence-corrected chi connectivity index (χ3v) is 2.26. The van der Waals surface area contributed by atoms with Crippen LogP contribution in [0.3, 0.4) is 0 Å². The van der Waals surface area contributed by atoms with E-state index in [0.29, 0.717) is 5.82 Å². The van der Waals surface area contributed by atoms with Crippen LogP contribution >= 0.6 is 0 Å². The number of nitrogens with zero attached hydrogens (tertiary/aromatic N) is 2. The molecule has 0 radical (unpaired) electrons. The zero-order valence-corrected chi connectivity index (χ0v) is 7.45. The van der Waals surface area contributed by atoms with Gasteiger partial charge in [-0.25, -0.2) is 0 Å². The Morgan fingerprint density at radius 1 is 1.77 bits per heavy atom. The number of rotatable bonds is 1. The number of nitrogens with one attached hydrogen (secondary N) is 1. The Labute approximate surface area is 75.9 Å². The van der Waals surface area contributed by atoms with Gasteiger partial charge in [-0.05, 0) is 13.3 Å². The van der Waals surface area contributed by atoms with E-state index in [4.69, 9.17) is 5.73 Å². The molecule has 0 saturated carbocycles. The van der Waals surface area contributed by atoms with Crippen molar-refractivity contribution in [2.75, 3.05) is 12.3 Å². The van der Waals surface area contributed by atoms with Crippen molar-refractivity contribution in [2.24, 2.45) is 0 Å². The minimum atomic E-state index is -0.169. The molecule has 0 bridgehead atoms. The average Bonchev–Trinajstić information content (AvgIpc) is 2.58. The standard InChI is InChI=1S/C8H12N4O/c1-5-4-7(9)11-12(5)6-2-3-10-8(6)13/h4,6H,2-3H2,1H3,(H2,9,11)(H,10,13). The summed E-state index contributed by atoms with van der Waals surface area (Å²) < 4.78 is 1.69. The summed E-state index contributed by atoms with van der Waals surface area (Å²) in [7, 11) is 0. The van der Waals surface area contributed by atoms with Crippen LogP contribution in [0, 0.1) is 6.92 Å². The van der Waals surface area contributed by atoms with Gasteiger partial charge in [-0.1, -0.05) is 0 Å². The molecule has 1 aliphatic rings. The molecular weight excluding hydrogens is 168 g/mol. The van der Waals surface area contributed by atoms with Crippen molar-refractivity contribution in [3.8, 4) is 0 Å². The van der Waals surface area contributed by atoms with Crippen molar-refractivity contribution < 1.29 is 4.79 Å². The molecule has 1 aromatic heterocycles. The second kappa shape index (κ2) is 2.76. The van der Waals surface area contributed by atoms with Gasteiger partial charge in [0.05, 0.1) is 0 Å². The van der Waals surface area contributed by atoms with Crippen LogP contribution < -0.4 is 11.1 Å². The Morgan fingerprint density at radius 2 is 2.54 bits per heavy atom. The SMILES string of the molecule is Cc1cc(N)nn1C1CCNC1=O. The monoisotopic (exact) mass is 180 g/mol. The molecular formula is C8H12N4O. The number of aromatic nitrogens is 2. The summed E-state index contributed by atoms with van der Waals surface area (Å²) in [6.45, 7) is 2.62. The van der Waals surface area contributed by atoms with E-state index in [1.54, 1.807) is 10.7 Å². The molecule has 13 heavy (non-hydrogen) atoms. The van der Waals surface area contributed by atoms with Gasteiger partial charge >= 0.3 is 0 Å². The topological polar surface area (TPSA) is 72.9 Å². The molecule has 5 nitrogen and oxygen atoms in total. The summed E-state index contributed by atoms with van der Waals surface area (Å²) in [5.41, 5.74) is 6.46. The van der Waals surface area contributed by atoms with Gasteiger partial charge in [0.2, 0.25) is 5.91 Å². The maximum absolute atomic E-state index is 11.3. The Hall–Kier alpha value is -1.52. The molecule has 2 heterocycles. The van der Waals surface area contributed by atoms with Crippen molar-refractivity contribution in [3.63, 3.8) is 0 Å². The van der Waals surface area contributed by atoms with Crippen LogP contribution in [0.1, 0.15) is 18.2 Å². The summed E-state index contributed by atoms with van der Waals surface area (Å²) in [6.07, 6.45) is 0.792. The number of carbonyl (C=O) groups is 1. The first-order valence-electron chi connectivity index (χ1n) is 4.28. The van der Waals surface area contributed by atoms with Crippen molar-refractivity contribution in [3.05, 3.63) is 11.8 Å². The van der Waals surface area contributed by atoms with Gasteiger partial charge in [0.1, 0.15) is 11.9 Å². The second-order valence-electron chi connectivity index (χ2n) is 3.25. The predicted octanol–water partition coefficient (Wildman–Crippen LogP) is -0.165. The number of anilines is 1. The summed E-state index contributed by atoms with van der Waals surface area (Å²) in [5.74, 6) is 0.503. The van der Waals surface area contributed by atoms with E-state index in [9.17, 15) is 4.79 Å². The van der Waals surface area contributed by atoms with Crippen molar-refractivity contribution in [1.82, 2.24) is 15.1 Å². The predicted molar refractivity (Wildman–Crippen MR) is 48.0 cm³/mol. The molecule has 2 rings (SSSR count). The molecule has 1 unspecified atom stereocenters. The summed E-state index contributed by atoms with van der Waals surface area (Å²) >= 11 is 0. The third kappa shape index (κ3) is 1.26. The first-order chi connectivity index (χ1) is 6.18. The molecule has 1 fully saturated rings. The van der Waals surface area contributed by atoms with Crippen molar-refractivity contribution in [2.45, 2.75) is 19.4 Å². The van der Waals surface area contributed by atoms with Crippen LogP contribution in [0.2, 0.25) is 0 Å². The molecule has 1 saturated heterocycles. The van der Waals surface area contributed by atoms with Gasteiger partial charge < -0.3 is 11.1 Å². The van der Waals surface area contributed by atoms with Crippen molar-refractivity contribution >= 4 is 11.7 Å². The molecule has 1 amide bonds. The minimum Gasteiger partial charge on any atom is -0.382 e. The number of hydrogen-bond donors (Lipinski definition) is 2. The van der Waals surface area contributed by atoms with Gasteiger partial charge in [0.15, 0.2) is 0 Å². The summed E-state index contributed by atoms with van der Waals surface area (Å²) in [5, 5.41) is 6.84. The quantitative estimate of drug-likeness (QED) is 0.630. The van der Waals surface area contributed by atoms with Gasteiger partial charge in [-0.2, -0.15) is 5.10 Å². The average molecular weight is 180 g/mol. The Balaban J connectivity index is 2.34.